The number of aliphatic hydroxyl groups excluding tert-OH is 1. The molecule has 0 aliphatic heterocycles. The topological polar surface area (TPSA) is 46.3 Å². The number of halogens is 1. The number of rotatable bonds is 2. The Morgan fingerprint density at radius 3 is 2.50 bits per heavy atom. The van der Waals surface area contributed by atoms with Gasteiger partial charge in [0, 0.05) is 16.8 Å². The van der Waals surface area contributed by atoms with Crippen LogP contribution in [-0.4, -0.2) is 10.1 Å². The van der Waals surface area contributed by atoms with Crippen molar-refractivity contribution in [3.63, 3.8) is 0 Å². The van der Waals surface area contributed by atoms with Gasteiger partial charge in [0.05, 0.1) is 0 Å². The number of hydrogen-bond donors (Lipinski definition) is 1. The number of aliphatic hydroxyl groups is 1. The fourth-order valence-electron chi connectivity index (χ4n) is 2.36. The molecule has 1 aromatic carbocycles. The van der Waals surface area contributed by atoms with Crippen LogP contribution in [0.4, 0.5) is 4.39 Å². The summed E-state index contributed by atoms with van der Waals surface area (Å²) >= 11 is 0. The number of aryl methyl sites for hydroxylation is 2. The van der Waals surface area contributed by atoms with Crippen molar-refractivity contribution >= 4 is 11.0 Å². The van der Waals surface area contributed by atoms with Gasteiger partial charge in [-0.25, -0.2) is 4.39 Å². The van der Waals surface area contributed by atoms with Crippen LogP contribution in [0.1, 0.15) is 28.8 Å². The van der Waals surface area contributed by atoms with Gasteiger partial charge in [0.25, 0.3) is 0 Å². The van der Waals surface area contributed by atoms with Crippen molar-refractivity contribution in [3.8, 4) is 0 Å². The van der Waals surface area contributed by atoms with Crippen molar-refractivity contribution in [2.24, 2.45) is 0 Å². The molecule has 2 heterocycles. The highest BCUT2D eigenvalue weighted by Crippen LogP contribution is 2.29. The fraction of sp³-hybridized carbons (Fsp3) is 0.188. The number of hydrogen-bond acceptors (Lipinski definition) is 3. The molecule has 0 radical (unpaired) electrons. The van der Waals surface area contributed by atoms with Gasteiger partial charge < -0.3 is 9.52 Å². The molecule has 3 aromatic rings. The molecule has 1 unspecified atom stereocenters. The lowest BCUT2D eigenvalue weighted by molar-refractivity contribution is 0.192. The molecule has 0 aliphatic rings. The Morgan fingerprint density at radius 2 is 1.80 bits per heavy atom. The zero-order valence-corrected chi connectivity index (χ0v) is 11.2. The minimum Gasteiger partial charge on any atom is -0.458 e. The third kappa shape index (κ3) is 2.30. The van der Waals surface area contributed by atoms with Crippen LogP contribution in [0.2, 0.25) is 0 Å². The van der Waals surface area contributed by atoms with E-state index in [0.29, 0.717) is 16.7 Å². The van der Waals surface area contributed by atoms with Crippen molar-refractivity contribution in [3.05, 3.63) is 64.9 Å². The third-order valence-corrected chi connectivity index (χ3v) is 3.19. The molecule has 0 spiro atoms. The Labute approximate surface area is 115 Å². The second kappa shape index (κ2) is 4.72. The monoisotopic (exact) mass is 271 g/mol. The second-order valence-corrected chi connectivity index (χ2v) is 4.92. The molecule has 20 heavy (non-hydrogen) atoms. The number of benzene rings is 1. The zero-order valence-electron chi connectivity index (χ0n) is 11.2. The van der Waals surface area contributed by atoms with Gasteiger partial charge in [-0.15, -0.1) is 0 Å². The molecule has 0 fully saturated rings. The number of pyridine rings is 1. The van der Waals surface area contributed by atoms with E-state index in [4.69, 9.17) is 4.42 Å². The van der Waals surface area contributed by atoms with Gasteiger partial charge in [0.2, 0.25) is 0 Å². The van der Waals surface area contributed by atoms with Gasteiger partial charge >= 0.3 is 0 Å². The van der Waals surface area contributed by atoms with Crippen LogP contribution in [0.25, 0.3) is 11.0 Å². The standard InChI is InChI=1S/C16H14FNO2/c1-9-5-12(6-10(2)18-9)16(19)15-8-11-7-13(17)3-4-14(11)20-15/h3-8,16,19H,1-2H3. The number of aromatic nitrogens is 1. The molecule has 0 aliphatic carbocycles. The smallest absolute Gasteiger partial charge is 0.138 e. The van der Waals surface area contributed by atoms with Crippen molar-refractivity contribution in [2.75, 3.05) is 0 Å². The van der Waals surface area contributed by atoms with E-state index in [1.807, 2.05) is 26.0 Å². The van der Waals surface area contributed by atoms with E-state index in [1.54, 1.807) is 12.1 Å². The first kappa shape index (κ1) is 12.8. The molecule has 0 bridgehead atoms. The van der Waals surface area contributed by atoms with Gasteiger partial charge in [0.1, 0.15) is 23.3 Å². The lowest BCUT2D eigenvalue weighted by Crippen LogP contribution is -2.00. The van der Waals surface area contributed by atoms with E-state index >= 15 is 0 Å². The molecule has 0 saturated carbocycles. The van der Waals surface area contributed by atoms with Gasteiger partial charge in [-0.3, -0.25) is 4.98 Å². The number of furan rings is 1. The number of fused-ring (bicyclic) bond motifs is 1. The van der Waals surface area contributed by atoms with Crippen molar-refractivity contribution in [1.29, 1.82) is 0 Å². The van der Waals surface area contributed by atoms with E-state index in [9.17, 15) is 9.50 Å². The summed E-state index contributed by atoms with van der Waals surface area (Å²) in [5.41, 5.74) is 2.94. The Kier molecular flexibility index (Phi) is 3.03. The third-order valence-electron chi connectivity index (χ3n) is 3.19. The highest BCUT2D eigenvalue weighted by Gasteiger charge is 2.16. The minimum atomic E-state index is -0.883. The van der Waals surface area contributed by atoms with Gasteiger partial charge in [-0.1, -0.05) is 0 Å². The van der Waals surface area contributed by atoms with Crippen LogP contribution in [0.5, 0.6) is 0 Å². The molecular weight excluding hydrogens is 257 g/mol. The Balaban J connectivity index is 2.05. The highest BCUT2D eigenvalue weighted by molar-refractivity contribution is 5.78. The molecular formula is C16H14FNO2. The summed E-state index contributed by atoms with van der Waals surface area (Å²) in [5, 5.41) is 11.0. The molecule has 3 rings (SSSR count). The second-order valence-electron chi connectivity index (χ2n) is 4.92. The van der Waals surface area contributed by atoms with Crippen LogP contribution >= 0.6 is 0 Å². The maximum Gasteiger partial charge on any atom is 0.138 e. The predicted molar refractivity (Wildman–Crippen MR) is 73.9 cm³/mol. The molecule has 0 amide bonds. The lowest BCUT2D eigenvalue weighted by atomic mass is 10.1. The zero-order chi connectivity index (χ0) is 14.3. The van der Waals surface area contributed by atoms with Gasteiger partial charge in [0.15, 0.2) is 0 Å². The van der Waals surface area contributed by atoms with E-state index in [1.165, 1.54) is 12.1 Å². The SMILES string of the molecule is Cc1cc(C(O)c2cc3cc(F)ccc3o2)cc(C)n1. The van der Waals surface area contributed by atoms with E-state index in [0.717, 1.165) is 17.0 Å². The largest absolute Gasteiger partial charge is 0.458 e. The predicted octanol–water partition coefficient (Wildman–Crippen LogP) is 3.67. The van der Waals surface area contributed by atoms with Crippen LogP contribution < -0.4 is 0 Å². The summed E-state index contributed by atoms with van der Waals surface area (Å²) in [7, 11) is 0. The summed E-state index contributed by atoms with van der Waals surface area (Å²) in [6, 6.07) is 9.57. The Bertz CT molecular complexity index is 759. The van der Waals surface area contributed by atoms with Gasteiger partial charge in [-0.2, -0.15) is 0 Å². The minimum absolute atomic E-state index is 0.324. The summed E-state index contributed by atoms with van der Waals surface area (Å²) in [6.45, 7) is 3.74. The molecule has 4 heteroatoms. The quantitative estimate of drug-likeness (QED) is 0.773. The highest BCUT2D eigenvalue weighted by atomic mass is 19.1. The Hall–Kier alpha value is -2.20. The van der Waals surface area contributed by atoms with Crippen LogP contribution in [0.15, 0.2) is 40.8 Å². The number of nitrogens with zero attached hydrogens (tertiary/aromatic N) is 1. The maximum absolute atomic E-state index is 13.2. The molecule has 1 N–H and O–H groups in total. The lowest BCUT2D eigenvalue weighted by Gasteiger charge is -2.09. The van der Waals surface area contributed by atoms with Crippen molar-refractivity contribution in [2.45, 2.75) is 20.0 Å². The fourth-order valence-corrected chi connectivity index (χ4v) is 2.36. The first-order chi connectivity index (χ1) is 9.52. The Morgan fingerprint density at radius 1 is 1.10 bits per heavy atom. The van der Waals surface area contributed by atoms with Crippen molar-refractivity contribution < 1.29 is 13.9 Å². The molecule has 3 nitrogen and oxygen atoms in total. The van der Waals surface area contributed by atoms with Gasteiger partial charge in [-0.05, 0) is 55.8 Å². The van der Waals surface area contributed by atoms with E-state index < -0.39 is 6.10 Å². The van der Waals surface area contributed by atoms with E-state index in [2.05, 4.69) is 4.98 Å². The summed E-state index contributed by atoms with van der Waals surface area (Å²) in [6.07, 6.45) is -0.883. The van der Waals surface area contributed by atoms with E-state index in [-0.39, 0.29) is 5.82 Å². The van der Waals surface area contributed by atoms with Crippen molar-refractivity contribution in [1.82, 2.24) is 4.98 Å². The summed E-state index contributed by atoms with van der Waals surface area (Å²) in [4.78, 5) is 4.27. The first-order valence-electron chi connectivity index (χ1n) is 6.35. The molecule has 0 saturated heterocycles. The van der Waals surface area contributed by atoms with Crippen LogP contribution in [0.3, 0.4) is 0 Å². The average molecular weight is 271 g/mol. The van der Waals surface area contributed by atoms with Crippen LogP contribution in [0, 0.1) is 19.7 Å². The molecule has 102 valence electrons. The first-order valence-corrected chi connectivity index (χ1v) is 6.35. The summed E-state index contributed by atoms with van der Waals surface area (Å²) < 4.78 is 18.7. The summed E-state index contributed by atoms with van der Waals surface area (Å²) in [5.74, 6) is 0.0746. The maximum atomic E-state index is 13.2. The average Bonchev–Trinajstić information content (AvgIpc) is 2.79. The molecule has 1 atom stereocenters. The molecule has 2 aromatic heterocycles. The van der Waals surface area contributed by atoms with Crippen LogP contribution in [-0.2, 0) is 0 Å². The normalized spacial score (nSPS) is 12.8.